The van der Waals surface area contributed by atoms with E-state index in [0.717, 1.165) is 5.56 Å². The Labute approximate surface area is 126 Å². The van der Waals surface area contributed by atoms with E-state index in [-0.39, 0.29) is 5.91 Å². The number of nitrogens with one attached hydrogen (secondary N) is 1. The molecule has 2 N–H and O–H groups in total. The first-order chi connectivity index (χ1) is 9.74. The van der Waals surface area contributed by atoms with Crippen molar-refractivity contribution in [2.24, 2.45) is 0 Å². The van der Waals surface area contributed by atoms with Crippen molar-refractivity contribution < 1.29 is 14.6 Å². The summed E-state index contributed by atoms with van der Waals surface area (Å²) in [5.74, 6) is -0.155. The van der Waals surface area contributed by atoms with Crippen molar-refractivity contribution in [2.75, 3.05) is 14.1 Å². The fourth-order valence-electron chi connectivity index (χ4n) is 1.98. The number of rotatable bonds is 6. The first-order valence-electron chi connectivity index (χ1n) is 7.08. The number of hydrogen-bond acceptors (Lipinski definition) is 4. The molecule has 1 aromatic rings. The molecule has 1 rings (SSSR count). The van der Waals surface area contributed by atoms with E-state index in [1.54, 1.807) is 14.1 Å². The maximum Gasteiger partial charge on any atom is 0.237 e. The number of carbonyl (C=O) groups is 1. The van der Waals surface area contributed by atoms with E-state index in [1.807, 2.05) is 51.1 Å². The summed E-state index contributed by atoms with van der Waals surface area (Å²) in [4.78, 5) is 13.6. The van der Waals surface area contributed by atoms with E-state index < -0.39 is 18.1 Å². The maximum atomic E-state index is 12.1. The Morgan fingerprint density at radius 3 is 2.38 bits per heavy atom. The molecule has 0 aliphatic rings. The Kier molecular flexibility index (Phi) is 6.33. The largest absolute Gasteiger partial charge is 0.358 e. The third-order valence-corrected chi connectivity index (χ3v) is 3.12. The van der Waals surface area contributed by atoms with E-state index in [2.05, 4.69) is 5.32 Å². The van der Waals surface area contributed by atoms with Gasteiger partial charge in [-0.05, 0) is 39.8 Å². The van der Waals surface area contributed by atoms with Crippen molar-refractivity contribution in [1.82, 2.24) is 10.2 Å². The second kappa shape index (κ2) is 7.54. The van der Waals surface area contributed by atoms with Crippen LogP contribution in [0.1, 0.15) is 26.3 Å². The van der Waals surface area contributed by atoms with Crippen LogP contribution in [-0.2, 0) is 16.0 Å². The number of likely N-dealkylation sites (N-methyl/N-ethyl adjacent to an activating group) is 2. The van der Waals surface area contributed by atoms with Crippen LogP contribution in [0, 0.1) is 0 Å². The van der Waals surface area contributed by atoms with Gasteiger partial charge in [0.05, 0.1) is 11.6 Å². The average molecular weight is 294 g/mol. The van der Waals surface area contributed by atoms with Gasteiger partial charge in [-0.1, -0.05) is 30.3 Å². The lowest BCUT2D eigenvalue weighted by Crippen LogP contribution is -2.52. The van der Waals surface area contributed by atoms with Crippen LogP contribution in [0.5, 0.6) is 0 Å². The Morgan fingerprint density at radius 2 is 1.90 bits per heavy atom. The highest BCUT2D eigenvalue weighted by molar-refractivity contribution is 5.81. The zero-order chi connectivity index (χ0) is 16.0. The predicted octanol–water partition coefficient (Wildman–Crippen LogP) is 1.37. The molecule has 0 spiro atoms. The zero-order valence-corrected chi connectivity index (χ0v) is 13.5. The third-order valence-electron chi connectivity index (χ3n) is 3.12. The highest BCUT2D eigenvalue weighted by Gasteiger charge is 2.30. The normalized spacial score (nSPS) is 14.8. The Bertz CT molecular complexity index is 443. The molecular weight excluding hydrogens is 268 g/mol. The number of aliphatic hydroxyl groups is 1. The number of hydrogen-bond donors (Lipinski definition) is 2. The number of aliphatic hydroxyl groups excluding tert-OH is 1. The van der Waals surface area contributed by atoms with Crippen LogP contribution in [-0.4, -0.2) is 48.1 Å². The second-order valence-electron chi connectivity index (χ2n) is 6.04. The molecule has 0 aromatic heterocycles. The fourth-order valence-corrected chi connectivity index (χ4v) is 1.98. The van der Waals surface area contributed by atoms with Gasteiger partial charge in [-0.2, -0.15) is 0 Å². The molecule has 0 fully saturated rings. The minimum atomic E-state index is -1.14. The smallest absolute Gasteiger partial charge is 0.237 e. The predicted molar refractivity (Wildman–Crippen MR) is 82.6 cm³/mol. The molecule has 0 heterocycles. The number of ether oxygens (including phenoxy) is 1. The van der Waals surface area contributed by atoms with Crippen LogP contribution in [0.4, 0.5) is 0 Å². The van der Waals surface area contributed by atoms with E-state index >= 15 is 0 Å². The van der Waals surface area contributed by atoms with Crippen LogP contribution in [0.25, 0.3) is 0 Å². The molecule has 1 aromatic carbocycles. The van der Waals surface area contributed by atoms with Gasteiger partial charge in [0, 0.05) is 7.05 Å². The molecule has 21 heavy (non-hydrogen) atoms. The summed E-state index contributed by atoms with van der Waals surface area (Å²) < 4.78 is 5.51. The molecule has 0 bridgehead atoms. The second-order valence-corrected chi connectivity index (χ2v) is 6.04. The molecule has 5 heteroatoms. The van der Waals surface area contributed by atoms with Crippen molar-refractivity contribution in [3.05, 3.63) is 35.9 Å². The number of nitrogens with zero attached hydrogens (tertiary/aromatic N) is 1. The van der Waals surface area contributed by atoms with Gasteiger partial charge in [-0.3, -0.25) is 4.79 Å². The van der Waals surface area contributed by atoms with Gasteiger partial charge in [0.1, 0.15) is 0 Å². The average Bonchev–Trinajstić information content (AvgIpc) is 2.42. The summed E-state index contributed by atoms with van der Waals surface area (Å²) >= 11 is 0. The minimum absolute atomic E-state index is 0.155. The topological polar surface area (TPSA) is 61.8 Å². The Morgan fingerprint density at radius 1 is 1.33 bits per heavy atom. The highest BCUT2D eigenvalue weighted by Crippen LogP contribution is 2.15. The van der Waals surface area contributed by atoms with Crippen molar-refractivity contribution >= 4 is 5.91 Å². The molecule has 1 unspecified atom stereocenters. The van der Waals surface area contributed by atoms with Crippen molar-refractivity contribution in [1.29, 1.82) is 0 Å². The lowest BCUT2D eigenvalue weighted by atomic mass is 10.0. The van der Waals surface area contributed by atoms with Crippen molar-refractivity contribution in [3.63, 3.8) is 0 Å². The molecule has 5 nitrogen and oxygen atoms in total. The van der Waals surface area contributed by atoms with Crippen LogP contribution < -0.4 is 5.32 Å². The van der Waals surface area contributed by atoms with E-state index in [1.165, 1.54) is 4.90 Å². The van der Waals surface area contributed by atoms with Crippen LogP contribution in [0.15, 0.2) is 30.3 Å². The molecular formula is C16H26N2O3. The van der Waals surface area contributed by atoms with Gasteiger partial charge < -0.3 is 15.2 Å². The van der Waals surface area contributed by atoms with E-state index in [9.17, 15) is 9.90 Å². The highest BCUT2D eigenvalue weighted by atomic mass is 16.6. The van der Waals surface area contributed by atoms with E-state index in [0.29, 0.717) is 6.42 Å². The van der Waals surface area contributed by atoms with Gasteiger partial charge in [0.2, 0.25) is 12.3 Å². The van der Waals surface area contributed by atoms with Gasteiger partial charge in [-0.15, -0.1) is 0 Å². The molecule has 1 amide bonds. The van der Waals surface area contributed by atoms with Crippen LogP contribution >= 0.6 is 0 Å². The molecule has 0 saturated heterocycles. The van der Waals surface area contributed by atoms with Crippen LogP contribution in [0.3, 0.4) is 0 Å². The molecule has 2 atom stereocenters. The molecule has 0 radical (unpaired) electrons. The fraction of sp³-hybridized carbons (Fsp3) is 0.562. The number of benzene rings is 1. The van der Waals surface area contributed by atoms with Crippen molar-refractivity contribution in [2.45, 2.75) is 45.2 Å². The number of amides is 1. The van der Waals surface area contributed by atoms with Crippen molar-refractivity contribution in [3.8, 4) is 0 Å². The van der Waals surface area contributed by atoms with Gasteiger partial charge >= 0.3 is 0 Å². The Balaban J connectivity index is 2.84. The molecule has 0 saturated carbocycles. The first-order valence-corrected chi connectivity index (χ1v) is 7.08. The summed E-state index contributed by atoms with van der Waals surface area (Å²) in [5, 5.41) is 12.8. The minimum Gasteiger partial charge on any atom is -0.358 e. The monoisotopic (exact) mass is 294 g/mol. The summed E-state index contributed by atoms with van der Waals surface area (Å²) in [7, 11) is 3.27. The third kappa shape index (κ3) is 5.83. The molecule has 118 valence electrons. The maximum absolute atomic E-state index is 12.1. The Hall–Kier alpha value is -1.43. The van der Waals surface area contributed by atoms with Gasteiger partial charge in [0.15, 0.2) is 0 Å². The summed E-state index contributed by atoms with van der Waals surface area (Å²) in [6.07, 6.45) is -0.641. The molecule has 0 aliphatic carbocycles. The molecule has 0 aliphatic heterocycles. The van der Waals surface area contributed by atoms with Crippen LogP contribution in [0.2, 0.25) is 0 Å². The standard InChI is InChI=1S/C16H26N2O3/c1-16(2,3)21-15(20)18(5)13(14(19)17-4)11-12-9-7-6-8-10-12/h6-10,13,15,20H,11H2,1-5H3,(H,17,19)/t13-,15?/m1/s1. The summed E-state index contributed by atoms with van der Waals surface area (Å²) in [5.41, 5.74) is 0.536. The lowest BCUT2D eigenvalue weighted by molar-refractivity contribution is -0.240. The lowest BCUT2D eigenvalue weighted by Gasteiger charge is -2.34. The summed E-state index contributed by atoms with van der Waals surface area (Å²) in [6, 6.07) is 9.20. The van der Waals surface area contributed by atoms with E-state index in [4.69, 9.17) is 4.74 Å². The quantitative estimate of drug-likeness (QED) is 0.778. The van der Waals surface area contributed by atoms with Gasteiger partial charge in [-0.25, -0.2) is 4.90 Å². The first kappa shape index (κ1) is 17.6. The zero-order valence-electron chi connectivity index (χ0n) is 13.5. The number of carbonyl (C=O) groups excluding carboxylic acids is 1. The van der Waals surface area contributed by atoms with Gasteiger partial charge in [0.25, 0.3) is 0 Å². The summed E-state index contributed by atoms with van der Waals surface area (Å²) in [6.45, 7) is 5.57. The SMILES string of the molecule is CNC(=O)[C@@H](Cc1ccccc1)N(C)C(O)OC(C)(C)C.